The molecule has 0 unspecified atom stereocenters. The molecule has 5 N–H and O–H groups in total. The van der Waals surface area contributed by atoms with E-state index in [1.54, 1.807) is 14.1 Å². The van der Waals surface area contributed by atoms with Gasteiger partial charge in [-0.2, -0.15) is 0 Å². The first kappa shape index (κ1) is 8.95. The maximum atomic E-state index is 8.10. The fourth-order valence-electron chi connectivity index (χ4n) is 0.348. The summed E-state index contributed by atoms with van der Waals surface area (Å²) < 4.78 is 0. The predicted molar refractivity (Wildman–Crippen MR) is 33.9 cm³/mol. The fraction of sp³-hybridized carbons (Fsp3) is 0.667. The Kier molecular flexibility index (Phi) is 3.47. The quantitative estimate of drug-likeness (QED) is 0.214. The van der Waals surface area contributed by atoms with Crippen molar-refractivity contribution in [1.82, 2.24) is 15.8 Å². The summed E-state index contributed by atoms with van der Waals surface area (Å²) in [6.45, 7) is 0. The lowest BCUT2D eigenvalue weighted by molar-refractivity contribution is -0.307. The molecular weight excluding hydrogens is 138 g/mol. The van der Waals surface area contributed by atoms with Crippen molar-refractivity contribution in [1.29, 1.82) is 0 Å². The Labute approximate surface area is 58.2 Å². The Morgan fingerprint density at radius 2 is 2.00 bits per heavy atom. The zero-order valence-electron chi connectivity index (χ0n) is 5.81. The summed E-state index contributed by atoms with van der Waals surface area (Å²) in [6.07, 6.45) is 0. The molecule has 0 aliphatic carbocycles. The van der Waals surface area contributed by atoms with Crippen LogP contribution in [0.1, 0.15) is 0 Å². The highest BCUT2D eigenvalue weighted by molar-refractivity contribution is 5.76. The fourth-order valence-corrected chi connectivity index (χ4v) is 0.348. The zero-order valence-corrected chi connectivity index (χ0v) is 5.81. The van der Waals surface area contributed by atoms with Gasteiger partial charge in [0.15, 0.2) is 0 Å². The maximum Gasteiger partial charge on any atom is 0.231 e. The largest absolute Gasteiger partial charge is 0.367 e. The molecule has 0 aromatic rings. The third-order valence-corrected chi connectivity index (χ3v) is 0.535. The second-order valence-electron chi connectivity index (χ2n) is 1.76. The number of nitrogens with one attached hydrogen (secondary N) is 1. The Hall–Kier alpha value is -1.05. The summed E-state index contributed by atoms with van der Waals surface area (Å²) in [4.78, 5) is 0. The summed E-state index contributed by atoms with van der Waals surface area (Å²) in [5.74, 6) is -0.116. The number of rotatable bonds is 2. The molecule has 10 heavy (non-hydrogen) atoms. The first-order valence-corrected chi connectivity index (χ1v) is 2.48. The Morgan fingerprint density at radius 1 is 1.50 bits per heavy atom. The number of hydrogen-bond acceptors (Lipinski definition) is 5. The number of hydrazone groups is 1. The van der Waals surface area contributed by atoms with Crippen LogP contribution in [0.15, 0.2) is 5.10 Å². The van der Waals surface area contributed by atoms with E-state index in [2.05, 4.69) is 10.5 Å². The van der Waals surface area contributed by atoms with Crippen LogP contribution >= 0.6 is 0 Å². The highest BCUT2D eigenvalue weighted by Gasteiger charge is 1.93. The van der Waals surface area contributed by atoms with Crippen molar-refractivity contribution in [3.05, 3.63) is 0 Å². The number of nitrogens with zero attached hydrogens (tertiary/aromatic N) is 3. The van der Waals surface area contributed by atoms with Crippen LogP contribution in [-0.2, 0) is 0 Å². The van der Waals surface area contributed by atoms with E-state index in [0.29, 0.717) is 0 Å². The van der Waals surface area contributed by atoms with Crippen molar-refractivity contribution in [2.45, 2.75) is 0 Å². The van der Waals surface area contributed by atoms with Crippen LogP contribution in [0.3, 0.4) is 0 Å². The molecule has 0 radical (unpaired) electrons. The minimum absolute atomic E-state index is 0.116. The molecule has 7 nitrogen and oxygen atoms in total. The molecule has 0 aliphatic rings. The van der Waals surface area contributed by atoms with Gasteiger partial charge in [0.2, 0.25) is 5.96 Å². The molecular formula is C3H11N5O2. The molecule has 0 fully saturated rings. The highest BCUT2D eigenvalue weighted by Crippen LogP contribution is 1.71. The molecule has 0 atom stereocenters. The summed E-state index contributed by atoms with van der Waals surface area (Å²) >= 11 is 0. The van der Waals surface area contributed by atoms with Crippen molar-refractivity contribution >= 4 is 5.96 Å². The van der Waals surface area contributed by atoms with E-state index < -0.39 is 0 Å². The van der Waals surface area contributed by atoms with Crippen molar-refractivity contribution in [3.63, 3.8) is 0 Å². The molecule has 0 bridgehead atoms. The molecule has 0 spiro atoms. The SMILES string of the molecule is CN(C)NC(N)=NN(O)O. The van der Waals surface area contributed by atoms with Gasteiger partial charge in [-0.05, 0) is 5.34 Å². The maximum absolute atomic E-state index is 8.10. The first-order chi connectivity index (χ1) is 4.52. The van der Waals surface area contributed by atoms with Crippen LogP contribution < -0.4 is 11.2 Å². The molecule has 7 heteroatoms. The van der Waals surface area contributed by atoms with Gasteiger partial charge in [-0.1, -0.05) is 5.10 Å². The van der Waals surface area contributed by atoms with Gasteiger partial charge in [-0.15, -0.1) is 0 Å². The Balaban J connectivity index is 3.71. The van der Waals surface area contributed by atoms with Crippen LogP contribution in [0.2, 0.25) is 0 Å². The van der Waals surface area contributed by atoms with Crippen LogP contribution in [0.5, 0.6) is 0 Å². The topological polar surface area (TPSA) is 97.4 Å². The predicted octanol–water partition coefficient (Wildman–Crippen LogP) is -1.64. The van der Waals surface area contributed by atoms with E-state index in [0.717, 1.165) is 0 Å². The average molecular weight is 149 g/mol. The van der Waals surface area contributed by atoms with E-state index in [4.69, 9.17) is 16.1 Å². The molecule has 0 aromatic carbocycles. The van der Waals surface area contributed by atoms with Gasteiger partial charge in [0, 0.05) is 14.1 Å². The summed E-state index contributed by atoms with van der Waals surface area (Å²) in [6, 6.07) is 0. The lowest BCUT2D eigenvalue weighted by Crippen LogP contribution is -2.42. The van der Waals surface area contributed by atoms with Crippen molar-refractivity contribution in [2.75, 3.05) is 14.1 Å². The lowest BCUT2D eigenvalue weighted by atomic mass is 11.0. The van der Waals surface area contributed by atoms with Gasteiger partial charge in [0.05, 0.1) is 0 Å². The molecule has 0 aliphatic heterocycles. The average Bonchev–Trinajstić information content (AvgIpc) is 1.58. The van der Waals surface area contributed by atoms with E-state index in [1.165, 1.54) is 5.01 Å². The van der Waals surface area contributed by atoms with Crippen molar-refractivity contribution in [3.8, 4) is 0 Å². The Morgan fingerprint density at radius 3 is 2.30 bits per heavy atom. The zero-order chi connectivity index (χ0) is 8.15. The minimum atomic E-state index is -0.369. The van der Waals surface area contributed by atoms with Gasteiger partial charge >= 0.3 is 0 Å². The van der Waals surface area contributed by atoms with Gasteiger partial charge < -0.3 is 5.73 Å². The molecule has 60 valence electrons. The second kappa shape index (κ2) is 3.88. The number of hydrazine groups is 1. The molecule has 0 rings (SSSR count). The third kappa shape index (κ3) is 5.09. The number of hydrogen-bond donors (Lipinski definition) is 4. The van der Waals surface area contributed by atoms with Gasteiger partial charge in [0.1, 0.15) is 0 Å². The number of nitrogens with two attached hydrogens (primary N) is 1. The summed E-state index contributed by atoms with van der Waals surface area (Å²) in [5.41, 5.74) is 7.58. The molecule has 0 saturated heterocycles. The molecule has 0 aromatic heterocycles. The lowest BCUT2D eigenvalue weighted by Gasteiger charge is -2.11. The molecule has 0 heterocycles. The normalized spacial score (nSPS) is 11.9. The van der Waals surface area contributed by atoms with Crippen molar-refractivity contribution in [2.24, 2.45) is 10.8 Å². The van der Waals surface area contributed by atoms with E-state index in [-0.39, 0.29) is 11.3 Å². The standard InChI is InChI=1S/C3H11N5O2/c1-7(2)5-3(4)6-8(9)10/h9-10H,1-2H3,(H3,4,5,6). The van der Waals surface area contributed by atoms with E-state index in [9.17, 15) is 0 Å². The van der Waals surface area contributed by atoms with Crippen LogP contribution in [0.25, 0.3) is 0 Å². The second-order valence-corrected chi connectivity index (χ2v) is 1.76. The monoisotopic (exact) mass is 149 g/mol. The molecule has 0 saturated carbocycles. The highest BCUT2D eigenvalue weighted by atomic mass is 16.8. The van der Waals surface area contributed by atoms with Crippen LogP contribution in [0.4, 0.5) is 0 Å². The Bertz CT molecular complexity index is 122. The summed E-state index contributed by atoms with van der Waals surface area (Å²) in [5, 5.41) is 20.3. The smallest absolute Gasteiger partial charge is 0.231 e. The van der Waals surface area contributed by atoms with Crippen molar-refractivity contribution < 1.29 is 10.4 Å². The van der Waals surface area contributed by atoms with E-state index >= 15 is 0 Å². The minimum Gasteiger partial charge on any atom is -0.367 e. The van der Waals surface area contributed by atoms with Gasteiger partial charge in [0.25, 0.3) is 0 Å². The van der Waals surface area contributed by atoms with Gasteiger partial charge in [-0.25, -0.2) is 15.4 Å². The number of guanidine groups is 1. The third-order valence-electron chi connectivity index (χ3n) is 0.535. The summed E-state index contributed by atoms with van der Waals surface area (Å²) in [7, 11) is 3.36. The van der Waals surface area contributed by atoms with Crippen LogP contribution in [0, 0.1) is 0 Å². The first-order valence-electron chi connectivity index (χ1n) is 2.48. The van der Waals surface area contributed by atoms with Crippen LogP contribution in [-0.4, -0.2) is 40.8 Å². The van der Waals surface area contributed by atoms with Gasteiger partial charge in [-0.3, -0.25) is 5.43 Å². The molecule has 0 amide bonds. The van der Waals surface area contributed by atoms with E-state index in [1.807, 2.05) is 0 Å².